The third kappa shape index (κ3) is 5.95. The number of ketones is 1. The maximum atomic E-state index is 12.8. The second-order valence-electron chi connectivity index (χ2n) is 5.92. The SMILES string of the molecule is C[C@H](CCc1ccccc1)NC(=O)CCC(=O)c1ccc(F)cc1. The van der Waals surface area contributed by atoms with Gasteiger partial charge in [-0.05, 0) is 49.6 Å². The molecule has 0 aromatic heterocycles. The van der Waals surface area contributed by atoms with E-state index in [1.807, 2.05) is 25.1 Å². The highest BCUT2D eigenvalue weighted by atomic mass is 19.1. The van der Waals surface area contributed by atoms with Crippen LogP contribution >= 0.6 is 0 Å². The predicted octanol–water partition coefficient (Wildman–Crippen LogP) is 3.93. The van der Waals surface area contributed by atoms with Crippen LogP contribution in [0.2, 0.25) is 0 Å². The summed E-state index contributed by atoms with van der Waals surface area (Å²) >= 11 is 0. The van der Waals surface area contributed by atoms with Crippen LogP contribution in [0.5, 0.6) is 0 Å². The first-order chi connectivity index (χ1) is 11.5. The van der Waals surface area contributed by atoms with Crippen LogP contribution in [0.1, 0.15) is 42.1 Å². The van der Waals surface area contributed by atoms with Gasteiger partial charge in [0.25, 0.3) is 0 Å². The fourth-order valence-electron chi connectivity index (χ4n) is 2.45. The Kier molecular flexibility index (Phi) is 6.67. The van der Waals surface area contributed by atoms with E-state index in [4.69, 9.17) is 0 Å². The average Bonchev–Trinajstić information content (AvgIpc) is 2.59. The molecule has 4 heteroatoms. The minimum atomic E-state index is -0.378. The van der Waals surface area contributed by atoms with Crippen molar-refractivity contribution in [3.05, 3.63) is 71.5 Å². The molecule has 0 spiro atoms. The molecule has 0 aliphatic heterocycles. The topological polar surface area (TPSA) is 46.2 Å². The van der Waals surface area contributed by atoms with Crippen LogP contribution in [0.15, 0.2) is 54.6 Å². The van der Waals surface area contributed by atoms with E-state index in [9.17, 15) is 14.0 Å². The van der Waals surface area contributed by atoms with E-state index in [1.165, 1.54) is 29.8 Å². The summed E-state index contributed by atoms with van der Waals surface area (Å²) in [7, 11) is 0. The standard InChI is InChI=1S/C20H22FNO2/c1-15(7-8-16-5-3-2-4-6-16)22-20(24)14-13-19(23)17-9-11-18(21)12-10-17/h2-6,9-12,15H,7-8,13-14H2,1H3,(H,22,24)/t15-/m1/s1. The highest BCUT2D eigenvalue weighted by molar-refractivity contribution is 5.97. The molecule has 2 aromatic rings. The molecule has 0 aliphatic carbocycles. The molecular weight excluding hydrogens is 305 g/mol. The lowest BCUT2D eigenvalue weighted by Gasteiger charge is -2.13. The Labute approximate surface area is 141 Å². The Balaban J connectivity index is 1.70. The highest BCUT2D eigenvalue weighted by Gasteiger charge is 2.11. The first-order valence-electron chi connectivity index (χ1n) is 8.16. The summed E-state index contributed by atoms with van der Waals surface area (Å²) in [6.45, 7) is 1.96. The van der Waals surface area contributed by atoms with Gasteiger partial charge in [0.15, 0.2) is 5.78 Å². The minimum Gasteiger partial charge on any atom is -0.354 e. The molecule has 0 saturated heterocycles. The smallest absolute Gasteiger partial charge is 0.220 e. The summed E-state index contributed by atoms with van der Waals surface area (Å²) in [5.41, 5.74) is 1.67. The van der Waals surface area contributed by atoms with Crippen LogP contribution in [0, 0.1) is 5.82 Å². The molecule has 0 unspecified atom stereocenters. The van der Waals surface area contributed by atoms with Gasteiger partial charge in [-0.1, -0.05) is 30.3 Å². The van der Waals surface area contributed by atoms with Crippen LogP contribution in [0.4, 0.5) is 4.39 Å². The van der Waals surface area contributed by atoms with Crippen molar-refractivity contribution in [2.75, 3.05) is 0 Å². The van der Waals surface area contributed by atoms with Gasteiger partial charge in [0.1, 0.15) is 5.82 Å². The third-order valence-corrected chi connectivity index (χ3v) is 3.86. The number of Topliss-reactive ketones (excluding diaryl/α,β-unsaturated/α-hetero) is 1. The lowest BCUT2D eigenvalue weighted by Crippen LogP contribution is -2.33. The Morgan fingerprint density at radius 2 is 1.67 bits per heavy atom. The van der Waals surface area contributed by atoms with Crippen molar-refractivity contribution < 1.29 is 14.0 Å². The molecular formula is C20H22FNO2. The molecule has 126 valence electrons. The van der Waals surface area contributed by atoms with Gasteiger partial charge in [0, 0.05) is 24.4 Å². The van der Waals surface area contributed by atoms with Crippen molar-refractivity contribution in [1.29, 1.82) is 0 Å². The molecule has 2 rings (SSSR count). The Morgan fingerprint density at radius 3 is 2.33 bits per heavy atom. The number of hydrogen-bond donors (Lipinski definition) is 1. The van der Waals surface area contributed by atoms with E-state index in [-0.39, 0.29) is 36.4 Å². The van der Waals surface area contributed by atoms with Crippen molar-refractivity contribution in [3.63, 3.8) is 0 Å². The van der Waals surface area contributed by atoms with Crippen LogP contribution in [0.3, 0.4) is 0 Å². The van der Waals surface area contributed by atoms with Crippen LogP contribution < -0.4 is 5.32 Å². The first kappa shape index (κ1) is 17.9. The molecule has 1 amide bonds. The Bertz CT molecular complexity index is 668. The van der Waals surface area contributed by atoms with Gasteiger partial charge in [-0.15, -0.1) is 0 Å². The highest BCUT2D eigenvalue weighted by Crippen LogP contribution is 2.08. The molecule has 1 atom stereocenters. The predicted molar refractivity (Wildman–Crippen MR) is 92.3 cm³/mol. The monoisotopic (exact) mass is 327 g/mol. The van der Waals surface area contributed by atoms with Crippen molar-refractivity contribution in [3.8, 4) is 0 Å². The number of nitrogens with one attached hydrogen (secondary N) is 1. The number of aryl methyl sites for hydroxylation is 1. The molecule has 0 fully saturated rings. The van der Waals surface area contributed by atoms with Crippen LogP contribution in [0.25, 0.3) is 0 Å². The number of halogens is 1. The normalized spacial score (nSPS) is 11.8. The van der Waals surface area contributed by atoms with E-state index in [1.54, 1.807) is 0 Å². The molecule has 0 heterocycles. The zero-order valence-electron chi connectivity index (χ0n) is 13.8. The molecule has 2 aromatic carbocycles. The van der Waals surface area contributed by atoms with E-state index >= 15 is 0 Å². The minimum absolute atomic E-state index is 0.0543. The summed E-state index contributed by atoms with van der Waals surface area (Å²) in [6.07, 6.45) is 2.02. The van der Waals surface area contributed by atoms with Gasteiger partial charge < -0.3 is 5.32 Å². The summed E-state index contributed by atoms with van der Waals surface area (Å²) in [5.74, 6) is -0.662. The number of benzene rings is 2. The quantitative estimate of drug-likeness (QED) is 0.747. The zero-order chi connectivity index (χ0) is 17.4. The van der Waals surface area contributed by atoms with Crippen LogP contribution in [-0.4, -0.2) is 17.7 Å². The van der Waals surface area contributed by atoms with E-state index in [0.717, 1.165) is 12.8 Å². The lowest BCUT2D eigenvalue weighted by molar-refractivity contribution is -0.121. The summed E-state index contributed by atoms with van der Waals surface area (Å²) < 4.78 is 12.8. The van der Waals surface area contributed by atoms with Crippen molar-refractivity contribution in [1.82, 2.24) is 5.32 Å². The molecule has 0 radical (unpaired) electrons. The molecule has 24 heavy (non-hydrogen) atoms. The van der Waals surface area contributed by atoms with E-state index in [2.05, 4.69) is 17.4 Å². The maximum Gasteiger partial charge on any atom is 0.220 e. The van der Waals surface area contributed by atoms with Gasteiger partial charge in [0.2, 0.25) is 5.91 Å². The Hall–Kier alpha value is -2.49. The fourth-order valence-corrected chi connectivity index (χ4v) is 2.45. The molecule has 3 nitrogen and oxygen atoms in total. The summed E-state index contributed by atoms with van der Waals surface area (Å²) in [5, 5.41) is 2.91. The number of carbonyl (C=O) groups excluding carboxylic acids is 2. The summed E-state index contributed by atoms with van der Waals surface area (Å²) in [4.78, 5) is 23.9. The molecule has 0 saturated carbocycles. The second-order valence-corrected chi connectivity index (χ2v) is 5.92. The lowest BCUT2D eigenvalue weighted by atomic mass is 10.0. The van der Waals surface area contributed by atoms with Crippen LogP contribution in [-0.2, 0) is 11.2 Å². The molecule has 0 bridgehead atoms. The molecule has 0 aliphatic rings. The van der Waals surface area contributed by atoms with E-state index in [0.29, 0.717) is 5.56 Å². The van der Waals surface area contributed by atoms with Gasteiger partial charge in [-0.2, -0.15) is 0 Å². The van der Waals surface area contributed by atoms with Gasteiger partial charge in [0.05, 0.1) is 0 Å². The van der Waals surface area contributed by atoms with E-state index < -0.39 is 0 Å². The largest absolute Gasteiger partial charge is 0.354 e. The third-order valence-electron chi connectivity index (χ3n) is 3.86. The van der Waals surface area contributed by atoms with Gasteiger partial charge in [-0.3, -0.25) is 9.59 Å². The van der Waals surface area contributed by atoms with Crippen molar-refractivity contribution in [2.45, 2.75) is 38.6 Å². The van der Waals surface area contributed by atoms with Crippen molar-refractivity contribution in [2.24, 2.45) is 0 Å². The average molecular weight is 327 g/mol. The van der Waals surface area contributed by atoms with Gasteiger partial charge >= 0.3 is 0 Å². The first-order valence-corrected chi connectivity index (χ1v) is 8.16. The number of hydrogen-bond acceptors (Lipinski definition) is 2. The zero-order valence-corrected chi connectivity index (χ0v) is 13.8. The maximum absolute atomic E-state index is 12.8. The number of amides is 1. The number of carbonyl (C=O) groups is 2. The van der Waals surface area contributed by atoms with Crippen molar-refractivity contribution >= 4 is 11.7 Å². The van der Waals surface area contributed by atoms with Gasteiger partial charge in [-0.25, -0.2) is 4.39 Å². The number of rotatable bonds is 8. The fraction of sp³-hybridized carbons (Fsp3) is 0.300. The summed E-state index contributed by atoms with van der Waals surface area (Å²) in [6, 6.07) is 15.5. The second kappa shape index (κ2) is 8.96. The Morgan fingerprint density at radius 1 is 1.00 bits per heavy atom. The molecule has 1 N–H and O–H groups in total.